The summed E-state index contributed by atoms with van der Waals surface area (Å²) in [7, 11) is 2.82. The van der Waals surface area contributed by atoms with Crippen LogP contribution in [0.25, 0.3) is 0 Å². The smallest absolute Gasteiger partial charge is 0.341 e. The number of ether oxygens (including phenoxy) is 3. The molecule has 0 aromatic heterocycles. The molecule has 5 heteroatoms. The molecule has 0 bridgehead atoms. The molecule has 0 spiro atoms. The Hall–Kier alpha value is -1.49. The van der Waals surface area contributed by atoms with E-state index in [1.54, 1.807) is 18.2 Å². The number of carbonyl (C=O) groups is 1. The van der Waals surface area contributed by atoms with Crippen LogP contribution in [0, 0.1) is 0 Å². The molecule has 0 heterocycles. The van der Waals surface area contributed by atoms with Gasteiger partial charge in [-0.2, -0.15) is 0 Å². The molecule has 0 unspecified atom stereocenters. The Morgan fingerprint density at radius 1 is 1.47 bits per heavy atom. The van der Waals surface area contributed by atoms with E-state index in [1.807, 2.05) is 0 Å². The first-order valence-electron chi connectivity index (χ1n) is 4.83. The van der Waals surface area contributed by atoms with Crippen molar-refractivity contribution < 1.29 is 19.0 Å². The SMILES string of the molecule is C=CCOc1c(OC)cc(Br)cc1C(=O)OC. The third-order valence-electron chi connectivity index (χ3n) is 1.99. The van der Waals surface area contributed by atoms with Crippen LogP contribution in [0.4, 0.5) is 0 Å². The lowest BCUT2D eigenvalue weighted by Crippen LogP contribution is -2.07. The van der Waals surface area contributed by atoms with Crippen molar-refractivity contribution in [2.45, 2.75) is 0 Å². The van der Waals surface area contributed by atoms with E-state index < -0.39 is 5.97 Å². The molecule has 1 aromatic rings. The number of hydrogen-bond acceptors (Lipinski definition) is 4. The molecule has 0 atom stereocenters. The molecule has 0 saturated heterocycles. The molecule has 0 saturated carbocycles. The highest BCUT2D eigenvalue weighted by Crippen LogP contribution is 2.35. The van der Waals surface area contributed by atoms with Gasteiger partial charge in [-0.15, -0.1) is 0 Å². The zero-order chi connectivity index (χ0) is 12.8. The number of methoxy groups -OCH3 is 2. The number of benzene rings is 1. The minimum atomic E-state index is -0.483. The number of hydrogen-bond donors (Lipinski definition) is 0. The molecule has 1 rings (SSSR count). The van der Waals surface area contributed by atoms with Gasteiger partial charge < -0.3 is 14.2 Å². The van der Waals surface area contributed by atoms with Gasteiger partial charge in [-0.3, -0.25) is 0 Å². The first-order valence-corrected chi connectivity index (χ1v) is 5.62. The van der Waals surface area contributed by atoms with Crippen LogP contribution in [-0.4, -0.2) is 26.8 Å². The third kappa shape index (κ3) is 3.23. The minimum absolute atomic E-state index is 0.280. The molecule has 92 valence electrons. The monoisotopic (exact) mass is 300 g/mol. The molecule has 0 fully saturated rings. The maximum atomic E-state index is 11.6. The Morgan fingerprint density at radius 3 is 2.71 bits per heavy atom. The van der Waals surface area contributed by atoms with Crippen molar-refractivity contribution in [1.29, 1.82) is 0 Å². The van der Waals surface area contributed by atoms with Gasteiger partial charge in [0.2, 0.25) is 0 Å². The Kier molecular flexibility index (Phi) is 5.03. The van der Waals surface area contributed by atoms with E-state index in [-0.39, 0.29) is 6.61 Å². The molecule has 4 nitrogen and oxygen atoms in total. The van der Waals surface area contributed by atoms with E-state index in [1.165, 1.54) is 14.2 Å². The van der Waals surface area contributed by atoms with Crippen molar-refractivity contribution in [2.75, 3.05) is 20.8 Å². The van der Waals surface area contributed by atoms with Gasteiger partial charge in [-0.05, 0) is 12.1 Å². The zero-order valence-corrected chi connectivity index (χ0v) is 11.2. The summed E-state index contributed by atoms with van der Waals surface area (Å²) < 4.78 is 16.0. The quantitative estimate of drug-likeness (QED) is 0.619. The van der Waals surface area contributed by atoms with Crippen molar-refractivity contribution in [3.63, 3.8) is 0 Å². The Morgan fingerprint density at radius 2 is 2.18 bits per heavy atom. The average molecular weight is 301 g/mol. The number of halogens is 1. The number of carbonyl (C=O) groups excluding carboxylic acids is 1. The summed E-state index contributed by atoms with van der Waals surface area (Å²) in [6, 6.07) is 3.33. The predicted molar refractivity (Wildman–Crippen MR) is 67.7 cm³/mol. The summed E-state index contributed by atoms with van der Waals surface area (Å²) in [4.78, 5) is 11.6. The zero-order valence-electron chi connectivity index (χ0n) is 9.66. The van der Waals surface area contributed by atoms with Crippen LogP contribution in [0.5, 0.6) is 11.5 Å². The molecule has 0 aliphatic carbocycles. The second-order valence-electron chi connectivity index (χ2n) is 3.08. The van der Waals surface area contributed by atoms with Gasteiger partial charge in [-0.1, -0.05) is 28.6 Å². The lowest BCUT2D eigenvalue weighted by atomic mass is 10.2. The first kappa shape index (κ1) is 13.6. The molecule has 0 aliphatic rings. The van der Waals surface area contributed by atoms with Crippen molar-refractivity contribution >= 4 is 21.9 Å². The molecule has 1 aromatic carbocycles. The summed E-state index contributed by atoms with van der Waals surface area (Å²) in [6.45, 7) is 3.83. The molecule has 0 N–H and O–H groups in total. The number of rotatable bonds is 5. The second-order valence-corrected chi connectivity index (χ2v) is 3.99. The fourth-order valence-corrected chi connectivity index (χ4v) is 1.71. The van der Waals surface area contributed by atoms with E-state index in [9.17, 15) is 4.79 Å². The van der Waals surface area contributed by atoms with E-state index in [0.717, 1.165) is 0 Å². The number of esters is 1. The maximum absolute atomic E-state index is 11.6. The largest absolute Gasteiger partial charge is 0.493 e. The van der Waals surface area contributed by atoms with Gasteiger partial charge in [-0.25, -0.2) is 4.79 Å². The highest BCUT2D eigenvalue weighted by molar-refractivity contribution is 9.10. The summed E-state index contributed by atoms with van der Waals surface area (Å²) in [6.07, 6.45) is 1.59. The molecular formula is C12H13BrO4. The normalized spacial score (nSPS) is 9.59. The Balaban J connectivity index is 3.27. The van der Waals surface area contributed by atoms with Crippen LogP contribution in [0.15, 0.2) is 29.3 Å². The molecule has 0 amide bonds. The van der Waals surface area contributed by atoms with E-state index in [4.69, 9.17) is 14.2 Å². The maximum Gasteiger partial charge on any atom is 0.341 e. The highest BCUT2D eigenvalue weighted by atomic mass is 79.9. The fraction of sp³-hybridized carbons (Fsp3) is 0.250. The highest BCUT2D eigenvalue weighted by Gasteiger charge is 2.18. The predicted octanol–water partition coefficient (Wildman–Crippen LogP) is 2.81. The van der Waals surface area contributed by atoms with Crippen LogP contribution >= 0.6 is 15.9 Å². The summed E-state index contributed by atoms with van der Waals surface area (Å²) in [5, 5.41) is 0. The van der Waals surface area contributed by atoms with E-state index in [0.29, 0.717) is 21.5 Å². The van der Waals surface area contributed by atoms with E-state index >= 15 is 0 Å². The molecule has 17 heavy (non-hydrogen) atoms. The Labute approximate surface area is 108 Å². The van der Waals surface area contributed by atoms with Gasteiger partial charge in [0.1, 0.15) is 12.2 Å². The van der Waals surface area contributed by atoms with Crippen molar-refractivity contribution in [3.05, 3.63) is 34.8 Å². The summed E-state index contributed by atoms with van der Waals surface area (Å²) in [5.41, 5.74) is 0.306. The van der Waals surface area contributed by atoms with Crippen LogP contribution < -0.4 is 9.47 Å². The molecule has 0 aliphatic heterocycles. The van der Waals surface area contributed by atoms with Crippen LogP contribution in [0.3, 0.4) is 0 Å². The first-order chi connectivity index (χ1) is 8.13. The average Bonchev–Trinajstić information content (AvgIpc) is 2.35. The van der Waals surface area contributed by atoms with Crippen LogP contribution in [0.2, 0.25) is 0 Å². The fourth-order valence-electron chi connectivity index (χ4n) is 1.27. The van der Waals surface area contributed by atoms with Gasteiger partial charge >= 0.3 is 5.97 Å². The van der Waals surface area contributed by atoms with Crippen LogP contribution in [0.1, 0.15) is 10.4 Å². The topological polar surface area (TPSA) is 44.8 Å². The molecular weight excluding hydrogens is 288 g/mol. The Bertz CT molecular complexity index is 429. The summed E-state index contributed by atoms with van der Waals surface area (Å²) in [5.74, 6) is 0.327. The van der Waals surface area contributed by atoms with Gasteiger partial charge in [0.15, 0.2) is 11.5 Å². The standard InChI is InChI=1S/C12H13BrO4/c1-4-5-17-11-9(12(14)16-3)6-8(13)7-10(11)15-2/h4,6-7H,1,5H2,2-3H3. The second kappa shape index (κ2) is 6.30. The third-order valence-corrected chi connectivity index (χ3v) is 2.45. The van der Waals surface area contributed by atoms with Crippen molar-refractivity contribution in [1.82, 2.24) is 0 Å². The van der Waals surface area contributed by atoms with Gasteiger partial charge in [0.25, 0.3) is 0 Å². The lowest BCUT2D eigenvalue weighted by Gasteiger charge is -2.13. The summed E-state index contributed by atoms with van der Waals surface area (Å²) >= 11 is 3.29. The minimum Gasteiger partial charge on any atom is -0.493 e. The molecule has 0 radical (unpaired) electrons. The van der Waals surface area contributed by atoms with Gasteiger partial charge in [0, 0.05) is 4.47 Å². The van der Waals surface area contributed by atoms with E-state index in [2.05, 4.69) is 22.5 Å². The van der Waals surface area contributed by atoms with Gasteiger partial charge in [0.05, 0.1) is 14.2 Å². The lowest BCUT2D eigenvalue weighted by molar-refractivity contribution is 0.0595. The van der Waals surface area contributed by atoms with Crippen molar-refractivity contribution in [2.24, 2.45) is 0 Å². The van der Waals surface area contributed by atoms with Crippen molar-refractivity contribution in [3.8, 4) is 11.5 Å². The van der Waals surface area contributed by atoms with Crippen LogP contribution in [-0.2, 0) is 4.74 Å².